The van der Waals surface area contributed by atoms with E-state index in [4.69, 9.17) is 4.74 Å². The first-order valence-corrected chi connectivity index (χ1v) is 9.87. The first-order valence-electron chi connectivity index (χ1n) is 9.87. The fourth-order valence-corrected chi connectivity index (χ4v) is 3.65. The number of rotatable bonds is 5. The van der Waals surface area contributed by atoms with Crippen LogP contribution < -0.4 is 10.1 Å². The van der Waals surface area contributed by atoms with E-state index in [0.29, 0.717) is 18.0 Å². The second-order valence-electron chi connectivity index (χ2n) is 7.44. The molecular weight excluding hydrogens is 447 g/mol. The van der Waals surface area contributed by atoms with Crippen molar-refractivity contribution in [2.45, 2.75) is 25.4 Å². The number of hydrogen-bond acceptors (Lipinski definition) is 7. The molecule has 8 nitrogen and oxygen atoms in total. The van der Waals surface area contributed by atoms with E-state index in [1.165, 1.54) is 12.5 Å². The van der Waals surface area contributed by atoms with Crippen molar-refractivity contribution in [1.29, 1.82) is 5.26 Å². The third-order valence-electron chi connectivity index (χ3n) is 5.31. The topological polar surface area (TPSA) is 102 Å². The summed E-state index contributed by atoms with van der Waals surface area (Å²) in [4.78, 5) is 16.3. The molecule has 1 aliphatic rings. The molecule has 4 heterocycles. The maximum atomic E-state index is 13.8. The van der Waals surface area contributed by atoms with Gasteiger partial charge >= 0.3 is 6.18 Å². The number of ether oxygens (including phenoxy) is 1. The van der Waals surface area contributed by atoms with Crippen LogP contribution in [0.5, 0.6) is 5.88 Å². The van der Waals surface area contributed by atoms with Gasteiger partial charge < -0.3 is 14.6 Å². The van der Waals surface area contributed by atoms with Crippen molar-refractivity contribution < 1.29 is 17.9 Å². The van der Waals surface area contributed by atoms with Crippen LogP contribution in [0.1, 0.15) is 30.7 Å². The Kier molecular flexibility index (Phi) is 7.16. The van der Waals surface area contributed by atoms with E-state index in [1.807, 2.05) is 6.07 Å². The van der Waals surface area contributed by atoms with Crippen LogP contribution in [0.25, 0.3) is 22.4 Å². The van der Waals surface area contributed by atoms with Crippen LogP contribution in [-0.2, 0) is 13.2 Å². The number of alkyl halides is 3. The van der Waals surface area contributed by atoms with Crippen molar-refractivity contribution in [3.63, 3.8) is 0 Å². The van der Waals surface area contributed by atoms with E-state index in [0.717, 1.165) is 32.0 Å². The molecule has 170 valence electrons. The minimum absolute atomic E-state index is 0. The molecule has 0 amide bonds. The fourth-order valence-electron chi connectivity index (χ4n) is 3.65. The first-order chi connectivity index (χ1) is 14.9. The Hall–Kier alpha value is -2.97. The molecule has 3 aromatic heterocycles. The number of fused-ring (bicyclic) bond motifs is 1. The predicted octanol–water partition coefficient (Wildman–Crippen LogP) is 3.51. The number of aryl methyl sites for hydroxylation is 1. The van der Waals surface area contributed by atoms with Gasteiger partial charge in [-0.05, 0) is 44.3 Å². The van der Waals surface area contributed by atoms with Gasteiger partial charge in [-0.2, -0.15) is 23.4 Å². The highest BCUT2D eigenvalue weighted by Gasteiger charge is 2.36. The van der Waals surface area contributed by atoms with E-state index < -0.39 is 17.6 Å². The Labute approximate surface area is 188 Å². The SMILES string of the molecule is Cl.Cn1cnc2c(-c3cnc(OCCC4CCNCC4)c(C(F)(F)F)c3)nc(C#N)nc21. The Morgan fingerprint density at radius 3 is 2.69 bits per heavy atom. The molecule has 0 saturated carbocycles. The fraction of sp³-hybridized carbons (Fsp3) is 0.450. The largest absolute Gasteiger partial charge is 0.477 e. The van der Waals surface area contributed by atoms with Crippen LogP contribution in [0, 0.1) is 17.2 Å². The molecule has 32 heavy (non-hydrogen) atoms. The quantitative estimate of drug-likeness (QED) is 0.612. The summed E-state index contributed by atoms with van der Waals surface area (Å²) in [6.07, 6.45) is 0.691. The van der Waals surface area contributed by atoms with Gasteiger partial charge in [0.05, 0.1) is 12.9 Å². The molecular formula is C20H21ClF3N7O. The van der Waals surface area contributed by atoms with Gasteiger partial charge in [-0.25, -0.2) is 15.0 Å². The lowest BCUT2D eigenvalue weighted by atomic mass is 9.95. The van der Waals surface area contributed by atoms with Gasteiger partial charge in [-0.15, -0.1) is 12.4 Å². The maximum Gasteiger partial charge on any atom is 0.421 e. The van der Waals surface area contributed by atoms with Crippen molar-refractivity contribution in [1.82, 2.24) is 29.8 Å². The van der Waals surface area contributed by atoms with Crippen molar-refractivity contribution in [3.05, 3.63) is 30.0 Å². The lowest BCUT2D eigenvalue weighted by molar-refractivity contribution is -0.139. The first kappa shape index (κ1) is 23.7. The number of nitriles is 1. The minimum atomic E-state index is -4.67. The smallest absolute Gasteiger partial charge is 0.421 e. The number of piperidine rings is 1. The van der Waals surface area contributed by atoms with Gasteiger partial charge in [0.2, 0.25) is 11.7 Å². The van der Waals surface area contributed by atoms with Crippen molar-refractivity contribution in [2.24, 2.45) is 13.0 Å². The Morgan fingerprint density at radius 2 is 2.00 bits per heavy atom. The molecule has 4 rings (SSSR count). The van der Waals surface area contributed by atoms with E-state index in [9.17, 15) is 18.4 Å². The molecule has 0 aliphatic carbocycles. The summed E-state index contributed by atoms with van der Waals surface area (Å²) in [5.41, 5.74) is -0.160. The maximum absolute atomic E-state index is 13.8. The monoisotopic (exact) mass is 467 g/mol. The average Bonchev–Trinajstić information content (AvgIpc) is 3.14. The van der Waals surface area contributed by atoms with Gasteiger partial charge in [-0.3, -0.25) is 0 Å². The lowest BCUT2D eigenvalue weighted by Gasteiger charge is -2.22. The molecule has 0 radical (unpaired) electrons. The van der Waals surface area contributed by atoms with E-state index in [1.54, 1.807) is 11.6 Å². The van der Waals surface area contributed by atoms with Crippen LogP contribution in [0.3, 0.4) is 0 Å². The average molecular weight is 468 g/mol. The number of pyridine rings is 1. The Bertz CT molecular complexity index is 1140. The number of imidazole rings is 1. The van der Waals surface area contributed by atoms with Gasteiger partial charge in [0.15, 0.2) is 5.65 Å². The molecule has 0 aromatic carbocycles. The summed E-state index contributed by atoms with van der Waals surface area (Å²) in [6, 6.07) is 2.76. The van der Waals surface area contributed by atoms with E-state index in [-0.39, 0.29) is 41.6 Å². The molecule has 1 aliphatic heterocycles. The highest BCUT2D eigenvalue weighted by Crippen LogP contribution is 2.38. The molecule has 0 bridgehead atoms. The zero-order chi connectivity index (χ0) is 22.0. The predicted molar refractivity (Wildman–Crippen MR) is 112 cm³/mol. The number of nitrogens with one attached hydrogen (secondary N) is 1. The zero-order valence-electron chi connectivity index (χ0n) is 17.2. The zero-order valence-corrected chi connectivity index (χ0v) is 18.0. The third-order valence-corrected chi connectivity index (χ3v) is 5.31. The van der Waals surface area contributed by atoms with Crippen molar-refractivity contribution in [2.75, 3.05) is 19.7 Å². The standard InChI is InChI=1S/C20H20F3N7O.ClH/c1-30-11-27-17-16(28-15(9-24)29-18(17)30)13-8-14(20(21,22)23)19(26-10-13)31-7-4-12-2-5-25-6-3-12;/h8,10-12,25H,2-7H2,1H3;1H. The number of hydrogen-bond donors (Lipinski definition) is 1. The summed E-state index contributed by atoms with van der Waals surface area (Å²) in [6.45, 7) is 1.99. The molecule has 12 heteroatoms. The summed E-state index contributed by atoms with van der Waals surface area (Å²) in [7, 11) is 1.67. The second-order valence-corrected chi connectivity index (χ2v) is 7.44. The van der Waals surface area contributed by atoms with E-state index in [2.05, 4.69) is 25.3 Å². The molecule has 1 saturated heterocycles. The normalized spacial score (nSPS) is 14.7. The number of nitrogens with zero attached hydrogens (tertiary/aromatic N) is 6. The molecule has 1 fully saturated rings. The third kappa shape index (κ3) is 4.92. The van der Waals surface area contributed by atoms with E-state index >= 15 is 0 Å². The molecule has 3 aromatic rings. The van der Waals surface area contributed by atoms with Gasteiger partial charge in [-0.1, -0.05) is 0 Å². The minimum Gasteiger partial charge on any atom is -0.477 e. The molecule has 0 unspecified atom stereocenters. The van der Waals surface area contributed by atoms with Gasteiger partial charge in [0, 0.05) is 18.8 Å². The Balaban J connectivity index is 0.00000289. The second kappa shape index (κ2) is 9.67. The van der Waals surface area contributed by atoms with Gasteiger partial charge in [0.1, 0.15) is 22.8 Å². The summed E-state index contributed by atoms with van der Waals surface area (Å²) in [5.74, 6) is -0.198. The number of halogens is 4. The summed E-state index contributed by atoms with van der Waals surface area (Å²) in [5, 5.41) is 12.5. The molecule has 0 spiro atoms. The summed E-state index contributed by atoms with van der Waals surface area (Å²) < 4.78 is 48.3. The van der Waals surface area contributed by atoms with Gasteiger partial charge in [0.25, 0.3) is 0 Å². The van der Waals surface area contributed by atoms with Crippen molar-refractivity contribution >= 4 is 23.6 Å². The summed E-state index contributed by atoms with van der Waals surface area (Å²) >= 11 is 0. The Morgan fingerprint density at radius 1 is 1.25 bits per heavy atom. The van der Waals surface area contributed by atoms with Crippen LogP contribution in [0.15, 0.2) is 18.6 Å². The molecule has 0 atom stereocenters. The van der Waals surface area contributed by atoms with Crippen LogP contribution in [0.2, 0.25) is 0 Å². The van der Waals surface area contributed by atoms with Crippen LogP contribution >= 0.6 is 12.4 Å². The lowest BCUT2D eigenvalue weighted by Crippen LogP contribution is -2.28. The highest BCUT2D eigenvalue weighted by molar-refractivity contribution is 5.87. The highest BCUT2D eigenvalue weighted by atomic mass is 35.5. The van der Waals surface area contributed by atoms with Crippen LogP contribution in [-0.4, -0.2) is 44.2 Å². The molecule has 1 N–H and O–H groups in total. The van der Waals surface area contributed by atoms with Crippen molar-refractivity contribution in [3.8, 4) is 23.2 Å². The van der Waals surface area contributed by atoms with Crippen LogP contribution in [0.4, 0.5) is 13.2 Å². The number of aromatic nitrogens is 5.